The van der Waals surface area contributed by atoms with Crippen molar-refractivity contribution < 1.29 is 13.2 Å². The quantitative estimate of drug-likeness (QED) is 0.734. The van der Waals surface area contributed by atoms with E-state index in [-0.39, 0.29) is 22.7 Å². The molecule has 0 atom stereocenters. The second-order valence-corrected chi connectivity index (χ2v) is 7.39. The summed E-state index contributed by atoms with van der Waals surface area (Å²) in [6, 6.07) is 0. The van der Waals surface area contributed by atoms with Gasteiger partial charge in [-0.25, -0.2) is 8.42 Å². The molecule has 0 radical (unpaired) electrons. The molecule has 0 aromatic carbocycles. The van der Waals surface area contributed by atoms with Crippen LogP contribution in [-0.4, -0.2) is 50.2 Å². The van der Waals surface area contributed by atoms with Crippen LogP contribution >= 0.6 is 0 Å². The third-order valence-corrected chi connectivity index (χ3v) is 5.05. The van der Waals surface area contributed by atoms with Crippen molar-refractivity contribution in [2.75, 3.05) is 31.1 Å². The fourth-order valence-corrected chi connectivity index (χ4v) is 2.80. The molecular formula is C11H21NO3S. The summed E-state index contributed by atoms with van der Waals surface area (Å²) in [6.45, 7) is 7.25. The molecule has 1 aliphatic rings. The molecule has 1 aliphatic heterocycles. The first-order valence-corrected chi connectivity index (χ1v) is 7.55. The van der Waals surface area contributed by atoms with Gasteiger partial charge in [0.25, 0.3) is 0 Å². The predicted molar refractivity (Wildman–Crippen MR) is 64.2 cm³/mol. The number of carbonyl (C=O) groups is 1. The Balaban J connectivity index is 2.49. The van der Waals surface area contributed by atoms with Gasteiger partial charge in [-0.2, -0.15) is 0 Å². The van der Waals surface area contributed by atoms with Crippen LogP contribution in [0.15, 0.2) is 0 Å². The van der Waals surface area contributed by atoms with Crippen molar-refractivity contribution in [3.05, 3.63) is 0 Å². The van der Waals surface area contributed by atoms with E-state index in [1.54, 1.807) is 0 Å². The number of nitrogens with zero attached hydrogens (tertiary/aromatic N) is 1. The first-order valence-electron chi connectivity index (χ1n) is 5.73. The molecule has 1 rings (SSSR count). The van der Waals surface area contributed by atoms with Crippen molar-refractivity contribution in [2.45, 2.75) is 27.2 Å². The smallest absolute Gasteiger partial charge is 0.152 e. The molecule has 1 saturated heterocycles. The number of sulfone groups is 1. The SMILES string of the molecule is CCC(C)(C)C(=O)CN1CCS(=O)(=O)CC1. The lowest BCUT2D eigenvalue weighted by Crippen LogP contribution is -2.45. The van der Waals surface area contributed by atoms with E-state index in [4.69, 9.17) is 0 Å². The van der Waals surface area contributed by atoms with E-state index >= 15 is 0 Å². The van der Waals surface area contributed by atoms with Crippen LogP contribution in [0.1, 0.15) is 27.2 Å². The summed E-state index contributed by atoms with van der Waals surface area (Å²) in [6.07, 6.45) is 0.817. The summed E-state index contributed by atoms with van der Waals surface area (Å²) in [5, 5.41) is 0. The number of rotatable bonds is 4. The van der Waals surface area contributed by atoms with Crippen LogP contribution in [0.4, 0.5) is 0 Å². The summed E-state index contributed by atoms with van der Waals surface area (Å²) in [5.41, 5.74) is -0.295. The van der Waals surface area contributed by atoms with Crippen LogP contribution in [-0.2, 0) is 14.6 Å². The summed E-state index contributed by atoms with van der Waals surface area (Å²) in [4.78, 5) is 13.9. The van der Waals surface area contributed by atoms with Gasteiger partial charge in [-0.05, 0) is 6.42 Å². The maximum absolute atomic E-state index is 11.9. The van der Waals surface area contributed by atoms with Gasteiger partial charge in [-0.1, -0.05) is 20.8 Å². The van der Waals surface area contributed by atoms with Gasteiger partial charge in [-0.15, -0.1) is 0 Å². The molecule has 0 amide bonds. The Bertz CT molecular complexity index is 345. The zero-order valence-electron chi connectivity index (χ0n) is 10.3. The number of hydrogen-bond acceptors (Lipinski definition) is 4. The lowest BCUT2D eigenvalue weighted by molar-refractivity contribution is -0.128. The van der Waals surface area contributed by atoms with E-state index in [0.29, 0.717) is 19.6 Å². The van der Waals surface area contributed by atoms with Gasteiger partial charge in [0.05, 0.1) is 18.1 Å². The minimum Gasteiger partial charge on any atom is -0.298 e. The van der Waals surface area contributed by atoms with Gasteiger partial charge >= 0.3 is 0 Å². The predicted octanol–water partition coefficient (Wildman–Crippen LogP) is 0.722. The third kappa shape index (κ3) is 3.56. The highest BCUT2D eigenvalue weighted by atomic mass is 32.2. The minimum absolute atomic E-state index is 0.187. The number of carbonyl (C=O) groups excluding carboxylic acids is 1. The molecular weight excluding hydrogens is 226 g/mol. The fraction of sp³-hybridized carbons (Fsp3) is 0.909. The Kier molecular flexibility index (Phi) is 4.12. The monoisotopic (exact) mass is 247 g/mol. The van der Waals surface area contributed by atoms with Gasteiger partial charge in [0.2, 0.25) is 0 Å². The molecule has 0 aromatic rings. The standard InChI is InChI=1S/C11H21NO3S/c1-4-11(2,3)10(13)9-12-5-7-16(14,15)8-6-12/h4-9H2,1-3H3. The highest BCUT2D eigenvalue weighted by Gasteiger charge is 2.29. The number of Topliss-reactive ketones (excluding diaryl/α,β-unsaturated/α-hetero) is 1. The molecule has 1 fully saturated rings. The minimum atomic E-state index is -2.85. The van der Waals surface area contributed by atoms with Crippen molar-refractivity contribution in [2.24, 2.45) is 5.41 Å². The maximum Gasteiger partial charge on any atom is 0.152 e. The third-order valence-electron chi connectivity index (χ3n) is 3.44. The normalized spacial score (nSPS) is 21.9. The second-order valence-electron chi connectivity index (χ2n) is 5.09. The lowest BCUT2D eigenvalue weighted by Gasteiger charge is -2.29. The highest BCUT2D eigenvalue weighted by molar-refractivity contribution is 7.91. The van der Waals surface area contributed by atoms with Crippen LogP contribution in [0, 0.1) is 5.41 Å². The zero-order valence-corrected chi connectivity index (χ0v) is 11.1. The van der Waals surface area contributed by atoms with Gasteiger partial charge in [0, 0.05) is 18.5 Å². The Labute approximate surface area is 97.9 Å². The van der Waals surface area contributed by atoms with E-state index in [9.17, 15) is 13.2 Å². The largest absolute Gasteiger partial charge is 0.298 e. The van der Waals surface area contributed by atoms with E-state index in [1.807, 2.05) is 25.7 Å². The molecule has 0 spiro atoms. The van der Waals surface area contributed by atoms with Gasteiger partial charge in [0.15, 0.2) is 15.6 Å². The van der Waals surface area contributed by atoms with E-state index in [2.05, 4.69) is 0 Å². The molecule has 94 valence electrons. The van der Waals surface area contributed by atoms with Crippen LogP contribution in [0.25, 0.3) is 0 Å². The van der Waals surface area contributed by atoms with Gasteiger partial charge in [0.1, 0.15) is 0 Å². The molecule has 16 heavy (non-hydrogen) atoms. The van der Waals surface area contributed by atoms with Crippen LogP contribution in [0.3, 0.4) is 0 Å². The zero-order chi connectivity index (χ0) is 12.4. The van der Waals surface area contributed by atoms with Crippen molar-refractivity contribution in [1.82, 2.24) is 4.90 Å². The fourth-order valence-electron chi connectivity index (χ4n) is 1.52. The van der Waals surface area contributed by atoms with E-state index < -0.39 is 9.84 Å². The Morgan fingerprint density at radius 3 is 2.19 bits per heavy atom. The topological polar surface area (TPSA) is 54.5 Å². The van der Waals surface area contributed by atoms with Crippen molar-refractivity contribution in [1.29, 1.82) is 0 Å². The van der Waals surface area contributed by atoms with Crippen molar-refractivity contribution in [3.63, 3.8) is 0 Å². The molecule has 0 aliphatic carbocycles. The van der Waals surface area contributed by atoms with Crippen LogP contribution in [0.5, 0.6) is 0 Å². The molecule has 1 heterocycles. The number of hydrogen-bond donors (Lipinski definition) is 0. The summed E-state index contributed by atoms with van der Waals surface area (Å²) >= 11 is 0. The molecule has 0 unspecified atom stereocenters. The summed E-state index contributed by atoms with van der Waals surface area (Å²) < 4.78 is 22.4. The summed E-state index contributed by atoms with van der Waals surface area (Å²) in [7, 11) is -2.85. The molecule has 5 heteroatoms. The number of ketones is 1. The Morgan fingerprint density at radius 1 is 1.25 bits per heavy atom. The molecule has 0 N–H and O–H groups in total. The first kappa shape index (κ1) is 13.6. The average Bonchev–Trinajstić information content (AvgIpc) is 2.21. The molecule has 0 bridgehead atoms. The first-order chi connectivity index (χ1) is 7.27. The van der Waals surface area contributed by atoms with Crippen LogP contribution < -0.4 is 0 Å². The maximum atomic E-state index is 11.9. The van der Waals surface area contributed by atoms with Crippen LogP contribution in [0.2, 0.25) is 0 Å². The average molecular weight is 247 g/mol. The Morgan fingerprint density at radius 2 is 1.75 bits per heavy atom. The molecule has 4 nitrogen and oxygen atoms in total. The van der Waals surface area contributed by atoms with Gasteiger partial charge < -0.3 is 0 Å². The lowest BCUT2D eigenvalue weighted by atomic mass is 9.85. The van der Waals surface area contributed by atoms with Crippen molar-refractivity contribution >= 4 is 15.6 Å². The van der Waals surface area contributed by atoms with Gasteiger partial charge in [-0.3, -0.25) is 9.69 Å². The molecule has 0 aromatic heterocycles. The van der Waals surface area contributed by atoms with E-state index in [0.717, 1.165) is 6.42 Å². The second kappa shape index (κ2) is 4.84. The highest BCUT2D eigenvalue weighted by Crippen LogP contribution is 2.21. The van der Waals surface area contributed by atoms with E-state index in [1.165, 1.54) is 0 Å². The molecule has 0 saturated carbocycles. The Hall–Kier alpha value is -0.420. The summed E-state index contributed by atoms with van der Waals surface area (Å²) in [5.74, 6) is 0.578. The van der Waals surface area contributed by atoms with Crippen molar-refractivity contribution in [3.8, 4) is 0 Å².